The molecule has 2 aromatic carbocycles. The quantitative estimate of drug-likeness (QED) is 0.708. The molecule has 0 saturated carbocycles. The molecule has 0 bridgehead atoms. The van der Waals surface area contributed by atoms with Gasteiger partial charge in [0, 0.05) is 5.02 Å². The number of ether oxygens (including phenoxy) is 1. The van der Waals surface area contributed by atoms with Crippen LogP contribution in [0.25, 0.3) is 0 Å². The third-order valence-electron chi connectivity index (χ3n) is 3.38. The number of nitrogens with zero attached hydrogens (tertiary/aromatic N) is 1. The van der Waals surface area contributed by atoms with Crippen molar-refractivity contribution in [3.05, 3.63) is 59.1 Å². The van der Waals surface area contributed by atoms with Gasteiger partial charge in [-0.1, -0.05) is 11.6 Å². The Morgan fingerprint density at radius 2 is 1.62 bits per heavy atom. The zero-order chi connectivity index (χ0) is 19.5. The SMILES string of the molecule is COC(=O)CN(c1ccc(C(F)(F)F)cc1)S(=O)(=O)c1ccc(Cl)cc1. The Bertz CT molecular complexity index is 881. The van der Waals surface area contributed by atoms with Crippen molar-refractivity contribution in [2.75, 3.05) is 18.0 Å². The van der Waals surface area contributed by atoms with Gasteiger partial charge in [-0.05, 0) is 48.5 Å². The van der Waals surface area contributed by atoms with Crippen molar-refractivity contribution in [1.29, 1.82) is 0 Å². The van der Waals surface area contributed by atoms with Gasteiger partial charge >= 0.3 is 12.1 Å². The van der Waals surface area contributed by atoms with E-state index in [0.717, 1.165) is 31.4 Å². The van der Waals surface area contributed by atoms with E-state index in [4.69, 9.17) is 11.6 Å². The summed E-state index contributed by atoms with van der Waals surface area (Å²) in [6, 6.07) is 8.56. The Kier molecular flexibility index (Phi) is 5.82. The number of hydrogen-bond acceptors (Lipinski definition) is 4. The van der Waals surface area contributed by atoms with E-state index < -0.39 is 34.3 Å². The summed E-state index contributed by atoms with van der Waals surface area (Å²) in [4.78, 5) is 11.4. The number of esters is 1. The summed E-state index contributed by atoms with van der Waals surface area (Å²) in [5.41, 5.74) is -1.05. The number of hydrogen-bond donors (Lipinski definition) is 0. The number of anilines is 1. The summed E-state index contributed by atoms with van der Waals surface area (Å²) >= 11 is 5.74. The molecular formula is C16H13ClF3NO4S. The maximum absolute atomic E-state index is 12.8. The van der Waals surface area contributed by atoms with Gasteiger partial charge in [0.25, 0.3) is 10.0 Å². The van der Waals surface area contributed by atoms with Crippen LogP contribution >= 0.6 is 11.6 Å². The molecule has 0 aromatic heterocycles. The fraction of sp³-hybridized carbons (Fsp3) is 0.188. The highest BCUT2D eigenvalue weighted by atomic mass is 35.5. The summed E-state index contributed by atoms with van der Waals surface area (Å²) in [6.45, 7) is -0.702. The summed E-state index contributed by atoms with van der Waals surface area (Å²) in [5, 5.41) is 0.304. The number of sulfonamides is 1. The fourth-order valence-electron chi connectivity index (χ4n) is 2.05. The zero-order valence-electron chi connectivity index (χ0n) is 13.3. The Balaban J connectivity index is 2.49. The van der Waals surface area contributed by atoms with E-state index in [1.165, 1.54) is 24.3 Å². The van der Waals surface area contributed by atoms with Crippen molar-refractivity contribution in [3.63, 3.8) is 0 Å². The second-order valence-corrected chi connectivity index (χ2v) is 7.39. The molecule has 0 unspecified atom stereocenters. The fourth-order valence-corrected chi connectivity index (χ4v) is 3.58. The lowest BCUT2D eigenvalue weighted by Gasteiger charge is -2.23. The van der Waals surface area contributed by atoms with Crippen LogP contribution in [-0.2, 0) is 25.7 Å². The van der Waals surface area contributed by atoms with Gasteiger partial charge in [-0.2, -0.15) is 13.2 Å². The monoisotopic (exact) mass is 407 g/mol. The van der Waals surface area contributed by atoms with Crippen LogP contribution < -0.4 is 4.31 Å². The van der Waals surface area contributed by atoms with Crippen LogP contribution in [-0.4, -0.2) is 28.0 Å². The summed E-state index contributed by atoms with van der Waals surface area (Å²) in [7, 11) is -3.16. The lowest BCUT2D eigenvalue weighted by Crippen LogP contribution is -2.36. The number of alkyl halides is 3. The molecule has 0 atom stereocenters. The number of methoxy groups -OCH3 is 1. The normalized spacial score (nSPS) is 11.9. The molecule has 0 saturated heterocycles. The molecule has 0 aliphatic rings. The van der Waals surface area contributed by atoms with Crippen LogP contribution in [0.1, 0.15) is 5.56 Å². The average Bonchev–Trinajstić information content (AvgIpc) is 2.59. The molecule has 140 valence electrons. The minimum Gasteiger partial charge on any atom is -0.468 e. The molecule has 10 heteroatoms. The van der Waals surface area contributed by atoms with Crippen LogP contribution in [0.2, 0.25) is 5.02 Å². The van der Waals surface area contributed by atoms with Crippen molar-refractivity contribution in [1.82, 2.24) is 0 Å². The summed E-state index contributed by atoms with van der Waals surface area (Å²) in [5.74, 6) is -0.873. The van der Waals surface area contributed by atoms with Crippen LogP contribution in [0, 0.1) is 0 Å². The Morgan fingerprint density at radius 1 is 1.08 bits per heavy atom. The van der Waals surface area contributed by atoms with Gasteiger partial charge in [-0.15, -0.1) is 0 Å². The first kappa shape index (κ1) is 20.1. The predicted molar refractivity (Wildman–Crippen MR) is 89.4 cm³/mol. The van der Waals surface area contributed by atoms with E-state index in [0.29, 0.717) is 9.33 Å². The average molecular weight is 408 g/mol. The second-order valence-electron chi connectivity index (χ2n) is 5.09. The molecule has 0 N–H and O–H groups in total. The van der Waals surface area contributed by atoms with Gasteiger partial charge in [0.15, 0.2) is 0 Å². The number of carbonyl (C=O) groups excluding carboxylic acids is 1. The molecule has 2 aromatic rings. The molecule has 0 radical (unpaired) electrons. The minimum absolute atomic E-state index is 0.113. The first-order valence-corrected chi connectivity index (χ1v) is 8.90. The number of benzene rings is 2. The molecule has 5 nitrogen and oxygen atoms in total. The summed E-state index contributed by atoms with van der Waals surface area (Å²) in [6.07, 6.45) is -4.57. The van der Waals surface area contributed by atoms with Crippen molar-refractivity contribution < 1.29 is 31.1 Å². The van der Waals surface area contributed by atoms with Gasteiger partial charge in [0.2, 0.25) is 0 Å². The highest BCUT2D eigenvalue weighted by Gasteiger charge is 2.32. The Hall–Kier alpha value is -2.26. The largest absolute Gasteiger partial charge is 0.468 e. The molecule has 26 heavy (non-hydrogen) atoms. The zero-order valence-corrected chi connectivity index (χ0v) is 14.9. The van der Waals surface area contributed by atoms with Crippen molar-refractivity contribution in [2.45, 2.75) is 11.1 Å². The highest BCUT2D eigenvalue weighted by Crippen LogP contribution is 2.32. The van der Waals surface area contributed by atoms with E-state index in [2.05, 4.69) is 4.74 Å². The maximum Gasteiger partial charge on any atom is 0.416 e. The van der Waals surface area contributed by atoms with E-state index in [-0.39, 0.29) is 10.6 Å². The molecule has 0 aliphatic heterocycles. The van der Waals surface area contributed by atoms with Crippen LogP contribution in [0.5, 0.6) is 0 Å². The van der Waals surface area contributed by atoms with Crippen molar-refractivity contribution in [3.8, 4) is 0 Å². The Morgan fingerprint density at radius 3 is 2.08 bits per heavy atom. The van der Waals surface area contributed by atoms with E-state index in [1.54, 1.807) is 0 Å². The van der Waals surface area contributed by atoms with Crippen LogP contribution in [0.3, 0.4) is 0 Å². The molecule has 0 spiro atoms. The first-order valence-electron chi connectivity index (χ1n) is 7.08. The second kappa shape index (κ2) is 7.55. The number of rotatable bonds is 5. The number of halogens is 4. The molecular weight excluding hydrogens is 395 g/mol. The van der Waals surface area contributed by atoms with E-state index >= 15 is 0 Å². The lowest BCUT2D eigenvalue weighted by molar-refractivity contribution is -0.139. The van der Waals surface area contributed by atoms with Gasteiger partial charge in [-0.25, -0.2) is 8.42 Å². The highest BCUT2D eigenvalue weighted by molar-refractivity contribution is 7.92. The van der Waals surface area contributed by atoms with E-state index in [1.807, 2.05) is 0 Å². The molecule has 0 aliphatic carbocycles. The smallest absolute Gasteiger partial charge is 0.416 e. The molecule has 0 fully saturated rings. The standard InChI is InChI=1S/C16H13ClF3NO4S/c1-25-15(22)10-21(13-6-2-11(3-7-13)16(18,19)20)26(23,24)14-8-4-12(17)5-9-14/h2-9H,10H2,1H3. The molecule has 2 rings (SSSR count). The van der Waals surface area contributed by atoms with Crippen molar-refractivity contribution >= 4 is 33.3 Å². The predicted octanol–water partition coefficient (Wildman–Crippen LogP) is 3.73. The maximum atomic E-state index is 12.8. The Labute approximate surface area is 153 Å². The molecule has 0 heterocycles. The van der Waals surface area contributed by atoms with Crippen molar-refractivity contribution in [2.24, 2.45) is 0 Å². The topological polar surface area (TPSA) is 63.7 Å². The van der Waals surface area contributed by atoms with Gasteiger partial charge in [0.1, 0.15) is 6.54 Å². The minimum atomic E-state index is -4.57. The van der Waals surface area contributed by atoms with Gasteiger partial charge in [-0.3, -0.25) is 9.10 Å². The summed E-state index contributed by atoms with van der Waals surface area (Å²) < 4.78 is 68.9. The lowest BCUT2D eigenvalue weighted by atomic mass is 10.2. The van der Waals surface area contributed by atoms with E-state index in [9.17, 15) is 26.4 Å². The van der Waals surface area contributed by atoms with Gasteiger partial charge < -0.3 is 4.74 Å². The van der Waals surface area contributed by atoms with Crippen LogP contribution in [0.4, 0.5) is 18.9 Å². The number of carbonyl (C=O) groups is 1. The third kappa shape index (κ3) is 4.47. The first-order chi connectivity index (χ1) is 12.1. The third-order valence-corrected chi connectivity index (χ3v) is 5.42. The van der Waals surface area contributed by atoms with Gasteiger partial charge in [0.05, 0.1) is 23.3 Å². The molecule has 0 amide bonds. The van der Waals surface area contributed by atoms with Crippen LogP contribution in [0.15, 0.2) is 53.4 Å².